The van der Waals surface area contributed by atoms with E-state index in [1.165, 1.54) is 10.5 Å². The van der Waals surface area contributed by atoms with E-state index in [1.807, 2.05) is 19.1 Å². The van der Waals surface area contributed by atoms with E-state index in [-0.39, 0.29) is 30.8 Å². The second-order valence-electron chi connectivity index (χ2n) is 5.97. The number of hydrogen-bond acceptors (Lipinski definition) is 5. The smallest absolute Gasteiger partial charge is 0.306 e. The van der Waals surface area contributed by atoms with Crippen LogP contribution in [-0.4, -0.2) is 21.1 Å². The van der Waals surface area contributed by atoms with Gasteiger partial charge in [0.05, 0.1) is 12.1 Å². The average Bonchev–Trinajstić information content (AvgIpc) is 2.65. The summed E-state index contributed by atoms with van der Waals surface area (Å²) in [7, 11) is 0. The first-order valence-electron chi connectivity index (χ1n) is 8.26. The fourth-order valence-corrected chi connectivity index (χ4v) is 2.54. The molecule has 3 aromatic rings. The van der Waals surface area contributed by atoms with Gasteiger partial charge in [-0.15, -0.1) is 0 Å². The van der Waals surface area contributed by atoms with Gasteiger partial charge in [0.15, 0.2) is 5.78 Å². The number of fused-ring (bicyclic) bond motifs is 1. The minimum atomic E-state index is -0.500. The van der Waals surface area contributed by atoms with Crippen LogP contribution in [0.15, 0.2) is 59.5 Å². The van der Waals surface area contributed by atoms with Crippen LogP contribution in [0, 0.1) is 6.92 Å². The quantitative estimate of drug-likeness (QED) is 0.504. The zero-order valence-corrected chi connectivity index (χ0v) is 14.3. The van der Waals surface area contributed by atoms with Gasteiger partial charge in [0.25, 0.3) is 5.56 Å². The number of carbonyl (C=O) groups excluding carboxylic acids is 2. The number of carbonyl (C=O) groups is 2. The molecule has 0 amide bonds. The van der Waals surface area contributed by atoms with E-state index in [2.05, 4.69) is 4.98 Å². The maximum atomic E-state index is 12.1. The summed E-state index contributed by atoms with van der Waals surface area (Å²) < 4.78 is 6.58. The lowest BCUT2D eigenvalue weighted by Crippen LogP contribution is -2.17. The van der Waals surface area contributed by atoms with Gasteiger partial charge < -0.3 is 4.74 Å². The molecule has 0 fully saturated rings. The molecule has 0 bridgehead atoms. The number of esters is 1. The molecule has 0 radical (unpaired) electrons. The van der Waals surface area contributed by atoms with Gasteiger partial charge in [-0.1, -0.05) is 36.4 Å². The van der Waals surface area contributed by atoms with Crippen molar-refractivity contribution >= 4 is 17.4 Å². The summed E-state index contributed by atoms with van der Waals surface area (Å²) in [5.74, 6) is -0.611. The highest BCUT2D eigenvalue weighted by molar-refractivity contribution is 5.97. The summed E-state index contributed by atoms with van der Waals surface area (Å²) in [5, 5.41) is 0. The van der Waals surface area contributed by atoms with Crippen LogP contribution in [0.5, 0.6) is 0 Å². The van der Waals surface area contributed by atoms with Gasteiger partial charge in [0.1, 0.15) is 12.3 Å². The highest BCUT2D eigenvalue weighted by Crippen LogP contribution is 2.07. The Balaban J connectivity index is 1.58. The van der Waals surface area contributed by atoms with Crippen LogP contribution in [0.1, 0.15) is 34.5 Å². The number of benzene rings is 1. The molecule has 0 aliphatic heterocycles. The van der Waals surface area contributed by atoms with Crippen LogP contribution < -0.4 is 5.56 Å². The SMILES string of the molecule is Cc1ccc2nc(COC(=O)CCC(=O)c3ccccc3)cc(=O)n2c1. The maximum Gasteiger partial charge on any atom is 0.306 e. The molecule has 0 N–H and O–H groups in total. The number of aryl methyl sites for hydroxylation is 1. The lowest BCUT2D eigenvalue weighted by molar-refractivity contribution is -0.145. The molecule has 2 aromatic heterocycles. The number of hydrogen-bond donors (Lipinski definition) is 0. The predicted octanol–water partition coefficient (Wildman–Crippen LogP) is 2.71. The first-order chi connectivity index (χ1) is 12.5. The molecule has 1 aromatic carbocycles. The van der Waals surface area contributed by atoms with E-state index in [9.17, 15) is 14.4 Å². The van der Waals surface area contributed by atoms with Gasteiger partial charge >= 0.3 is 5.97 Å². The Morgan fingerprint density at radius 1 is 1.08 bits per heavy atom. The van der Waals surface area contributed by atoms with Crippen LogP contribution in [0.4, 0.5) is 0 Å². The molecule has 2 heterocycles. The zero-order valence-electron chi connectivity index (χ0n) is 14.3. The van der Waals surface area contributed by atoms with Crippen LogP contribution in [-0.2, 0) is 16.1 Å². The van der Waals surface area contributed by atoms with Crippen molar-refractivity contribution in [3.8, 4) is 0 Å². The number of aromatic nitrogens is 2. The number of rotatable bonds is 6. The molecule has 0 aliphatic rings. The van der Waals surface area contributed by atoms with Gasteiger partial charge in [-0.05, 0) is 18.6 Å². The fourth-order valence-electron chi connectivity index (χ4n) is 2.54. The first kappa shape index (κ1) is 17.5. The van der Waals surface area contributed by atoms with Crippen LogP contribution in [0.3, 0.4) is 0 Å². The van der Waals surface area contributed by atoms with Gasteiger partial charge in [0, 0.05) is 24.2 Å². The third kappa shape index (κ3) is 4.22. The van der Waals surface area contributed by atoms with Gasteiger partial charge in [-0.2, -0.15) is 0 Å². The van der Waals surface area contributed by atoms with Gasteiger partial charge in [-0.25, -0.2) is 4.98 Å². The molecule has 6 nitrogen and oxygen atoms in total. The minimum Gasteiger partial charge on any atom is -0.459 e. The molecule has 0 spiro atoms. The molecule has 0 saturated carbocycles. The largest absolute Gasteiger partial charge is 0.459 e. The lowest BCUT2D eigenvalue weighted by atomic mass is 10.1. The summed E-state index contributed by atoms with van der Waals surface area (Å²) in [6, 6.07) is 13.7. The normalized spacial score (nSPS) is 10.7. The van der Waals surface area contributed by atoms with Crippen LogP contribution in [0.2, 0.25) is 0 Å². The standard InChI is InChI=1S/C20H18N2O4/c1-14-7-9-18-21-16(11-19(24)22(18)12-14)13-26-20(25)10-8-17(23)15-5-3-2-4-6-15/h2-7,9,11-12H,8,10,13H2,1H3. The van der Waals surface area contributed by atoms with Gasteiger partial charge in [0.2, 0.25) is 0 Å². The van der Waals surface area contributed by atoms with E-state index >= 15 is 0 Å². The summed E-state index contributed by atoms with van der Waals surface area (Å²) >= 11 is 0. The summed E-state index contributed by atoms with van der Waals surface area (Å²) in [4.78, 5) is 40.3. The zero-order chi connectivity index (χ0) is 18.5. The number of ketones is 1. The molecular formula is C20H18N2O4. The lowest BCUT2D eigenvalue weighted by Gasteiger charge is -2.06. The van der Waals surface area contributed by atoms with Crippen molar-refractivity contribution in [2.45, 2.75) is 26.4 Å². The van der Waals surface area contributed by atoms with E-state index in [4.69, 9.17) is 4.74 Å². The third-order valence-electron chi connectivity index (χ3n) is 3.89. The Hall–Kier alpha value is -3.28. The molecular weight excluding hydrogens is 332 g/mol. The van der Waals surface area contributed by atoms with E-state index < -0.39 is 5.97 Å². The van der Waals surface area contributed by atoms with Crippen molar-refractivity contribution in [3.05, 3.63) is 81.9 Å². The number of nitrogens with zero attached hydrogens (tertiary/aromatic N) is 2. The third-order valence-corrected chi connectivity index (χ3v) is 3.89. The molecule has 26 heavy (non-hydrogen) atoms. The van der Waals surface area contributed by atoms with E-state index in [0.29, 0.717) is 16.9 Å². The van der Waals surface area contributed by atoms with Crippen molar-refractivity contribution in [2.24, 2.45) is 0 Å². The fraction of sp³-hybridized carbons (Fsp3) is 0.200. The molecule has 6 heteroatoms. The molecule has 3 rings (SSSR count). The van der Waals surface area contributed by atoms with E-state index in [1.54, 1.807) is 36.5 Å². The second kappa shape index (κ2) is 7.74. The molecule has 132 valence electrons. The average molecular weight is 350 g/mol. The highest BCUT2D eigenvalue weighted by atomic mass is 16.5. The topological polar surface area (TPSA) is 77.7 Å². The second-order valence-corrected chi connectivity index (χ2v) is 5.97. The maximum absolute atomic E-state index is 12.1. The van der Waals surface area contributed by atoms with Gasteiger partial charge in [-0.3, -0.25) is 18.8 Å². The number of ether oxygens (including phenoxy) is 1. The summed E-state index contributed by atoms with van der Waals surface area (Å²) in [6.07, 6.45) is 1.77. The van der Waals surface area contributed by atoms with Crippen molar-refractivity contribution in [3.63, 3.8) is 0 Å². The number of pyridine rings is 1. The Morgan fingerprint density at radius 2 is 1.85 bits per heavy atom. The highest BCUT2D eigenvalue weighted by Gasteiger charge is 2.11. The molecule has 0 unspecified atom stereocenters. The predicted molar refractivity (Wildman–Crippen MR) is 96.0 cm³/mol. The van der Waals surface area contributed by atoms with Crippen LogP contribution in [0.25, 0.3) is 5.65 Å². The van der Waals surface area contributed by atoms with Crippen molar-refractivity contribution < 1.29 is 14.3 Å². The summed E-state index contributed by atoms with van der Waals surface area (Å²) in [5.41, 5.74) is 2.16. The van der Waals surface area contributed by atoms with Crippen LogP contribution >= 0.6 is 0 Å². The molecule has 0 saturated heterocycles. The Bertz CT molecular complexity index is 1010. The Labute approximate surface area is 150 Å². The minimum absolute atomic E-state index is 0.0144. The molecule has 0 atom stereocenters. The van der Waals surface area contributed by atoms with E-state index in [0.717, 1.165) is 5.56 Å². The monoisotopic (exact) mass is 350 g/mol. The van der Waals surface area contributed by atoms with Crippen molar-refractivity contribution in [2.75, 3.05) is 0 Å². The summed E-state index contributed by atoms with van der Waals surface area (Å²) in [6.45, 7) is 1.79. The Morgan fingerprint density at radius 3 is 2.62 bits per heavy atom. The van der Waals surface area contributed by atoms with Crippen molar-refractivity contribution in [1.29, 1.82) is 0 Å². The molecule has 0 aliphatic carbocycles. The Kier molecular flexibility index (Phi) is 5.22. The van der Waals surface area contributed by atoms with Crippen molar-refractivity contribution in [1.82, 2.24) is 9.38 Å². The number of Topliss-reactive ketones (excluding diaryl/α,β-unsaturated/α-hetero) is 1. The first-order valence-corrected chi connectivity index (χ1v) is 8.26.